The van der Waals surface area contributed by atoms with Gasteiger partial charge in [-0.1, -0.05) is 0 Å². The first-order valence-corrected chi connectivity index (χ1v) is 5.98. The van der Waals surface area contributed by atoms with Crippen LogP contribution in [0, 0.1) is 0 Å². The number of aromatic nitrogens is 2. The largest absolute Gasteiger partial charge is 0.328 e. The normalized spacial score (nSPS) is 22.4. The molecule has 0 unspecified atom stereocenters. The van der Waals surface area contributed by atoms with Crippen molar-refractivity contribution in [2.24, 2.45) is 0 Å². The first kappa shape index (κ1) is 8.92. The van der Waals surface area contributed by atoms with Crippen LogP contribution >= 0.6 is 15.9 Å². The average Bonchev–Trinajstić information content (AvgIpc) is 2.94. The molecule has 0 radical (unpaired) electrons. The van der Waals surface area contributed by atoms with Crippen LogP contribution in [-0.4, -0.2) is 28.0 Å². The Hall–Kier alpha value is -0.350. The number of halogens is 1. The van der Waals surface area contributed by atoms with Crippen molar-refractivity contribution >= 4 is 15.9 Å². The van der Waals surface area contributed by atoms with E-state index in [0.717, 1.165) is 30.2 Å². The van der Waals surface area contributed by atoms with Crippen molar-refractivity contribution in [1.29, 1.82) is 0 Å². The maximum atomic E-state index is 4.64. The summed E-state index contributed by atoms with van der Waals surface area (Å²) in [5, 5.41) is 0. The van der Waals surface area contributed by atoms with Gasteiger partial charge in [-0.15, -0.1) is 0 Å². The molecule has 1 aromatic heterocycles. The molecule has 0 aromatic carbocycles. The van der Waals surface area contributed by atoms with E-state index in [-0.39, 0.29) is 0 Å². The Balaban J connectivity index is 2.04. The molecule has 0 amide bonds. The van der Waals surface area contributed by atoms with Crippen LogP contribution in [0.25, 0.3) is 0 Å². The average molecular weight is 256 g/mol. The summed E-state index contributed by atoms with van der Waals surface area (Å²) >= 11 is 3.57. The smallest absolute Gasteiger partial charge is 0.129 e. The summed E-state index contributed by atoms with van der Waals surface area (Å²) in [6.45, 7) is 3.28. The van der Waals surface area contributed by atoms with Crippen molar-refractivity contribution < 1.29 is 0 Å². The lowest BCUT2D eigenvalue weighted by Gasteiger charge is -2.25. The van der Waals surface area contributed by atoms with E-state index in [4.69, 9.17) is 0 Å². The van der Waals surface area contributed by atoms with Gasteiger partial charge in [0.15, 0.2) is 0 Å². The minimum absolute atomic E-state index is 0.753. The van der Waals surface area contributed by atoms with Crippen molar-refractivity contribution in [3.05, 3.63) is 16.1 Å². The highest BCUT2D eigenvalue weighted by Gasteiger charge is 2.32. The van der Waals surface area contributed by atoms with Gasteiger partial charge in [-0.3, -0.25) is 4.90 Å². The van der Waals surface area contributed by atoms with Crippen molar-refractivity contribution in [1.82, 2.24) is 14.5 Å². The number of hydrogen-bond acceptors (Lipinski definition) is 2. The van der Waals surface area contributed by atoms with Gasteiger partial charge in [0.1, 0.15) is 10.4 Å². The molecule has 0 spiro atoms. The lowest BCUT2D eigenvalue weighted by atomic mass is 10.3. The molecule has 1 saturated carbocycles. The van der Waals surface area contributed by atoms with E-state index in [1.54, 1.807) is 0 Å². The molecule has 4 heteroatoms. The molecule has 0 saturated heterocycles. The molecule has 1 fully saturated rings. The predicted molar refractivity (Wildman–Crippen MR) is 58.2 cm³/mol. The number of imidazole rings is 1. The highest BCUT2D eigenvalue weighted by molar-refractivity contribution is 9.10. The summed E-state index contributed by atoms with van der Waals surface area (Å²) in [7, 11) is 2.17. The topological polar surface area (TPSA) is 21.1 Å². The Morgan fingerprint density at radius 3 is 2.86 bits per heavy atom. The van der Waals surface area contributed by atoms with Crippen molar-refractivity contribution in [3.8, 4) is 0 Å². The van der Waals surface area contributed by atoms with E-state index in [9.17, 15) is 0 Å². The summed E-state index contributed by atoms with van der Waals surface area (Å²) in [5.74, 6) is 2.07. The number of nitrogens with zero attached hydrogens (tertiary/aromatic N) is 3. The van der Waals surface area contributed by atoms with E-state index in [1.807, 2.05) is 0 Å². The third-order valence-corrected chi connectivity index (χ3v) is 3.76. The van der Waals surface area contributed by atoms with Gasteiger partial charge >= 0.3 is 0 Å². The summed E-state index contributed by atoms with van der Waals surface area (Å²) in [5.41, 5.74) is 1.36. The maximum absolute atomic E-state index is 4.64. The molecule has 1 aliphatic carbocycles. The van der Waals surface area contributed by atoms with Crippen molar-refractivity contribution in [3.63, 3.8) is 0 Å². The van der Waals surface area contributed by atoms with E-state index >= 15 is 0 Å². The van der Waals surface area contributed by atoms with E-state index in [0.29, 0.717) is 0 Å². The van der Waals surface area contributed by atoms with Crippen molar-refractivity contribution in [2.45, 2.75) is 31.8 Å². The molecule has 3 nitrogen and oxygen atoms in total. The molecule has 2 heterocycles. The lowest BCUT2D eigenvalue weighted by Crippen LogP contribution is -2.30. The number of rotatable bonds is 1. The third-order valence-electron chi connectivity index (χ3n) is 3.12. The standard InChI is InChI=1S/C10H14BrN3/c1-13-4-5-14-8(6-13)9(11)12-10(14)7-2-3-7/h7H,2-6H2,1H3. The Morgan fingerprint density at radius 1 is 1.36 bits per heavy atom. The minimum Gasteiger partial charge on any atom is -0.328 e. The van der Waals surface area contributed by atoms with E-state index in [2.05, 4.69) is 37.4 Å². The van der Waals surface area contributed by atoms with Gasteiger partial charge in [0.2, 0.25) is 0 Å². The van der Waals surface area contributed by atoms with Crippen LogP contribution in [0.5, 0.6) is 0 Å². The van der Waals surface area contributed by atoms with Gasteiger partial charge in [-0.25, -0.2) is 4.98 Å². The molecule has 0 N–H and O–H groups in total. The molecular weight excluding hydrogens is 242 g/mol. The quantitative estimate of drug-likeness (QED) is 0.766. The van der Waals surface area contributed by atoms with Gasteiger partial charge in [0, 0.05) is 25.6 Å². The fourth-order valence-corrected chi connectivity index (χ4v) is 2.65. The molecule has 1 aromatic rings. The van der Waals surface area contributed by atoms with Gasteiger partial charge < -0.3 is 4.57 Å². The summed E-state index contributed by atoms with van der Waals surface area (Å²) in [4.78, 5) is 6.99. The molecule has 1 aliphatic heterocycles. The second kappa shape index (κ2) is 3.07. The van der Waals surface area contributed by atoms with E-state index < -0.39 is 0 Å². The van der Waals surface area contributed by atoms with E-state index in [1.165, 1.54) is 24.4 Å². The van der Waals surface area contributed by atoms with Gasteiger partial charge in [0.25, 0.3) is 0 Å². The van der Waals surface area contributed by atoms with Crippen LogP contribution in [-0.2, 0) is 13.1 Å². The van der Waals surface area contributed by atoms with Crippen LogP contribution in [0.2, 0.25) is 0 Å². The molecule has 3 rings (SSSR count). The van der Waals surface area contributed by atoms with Crippen LogP contribution in [0.15, 0.2) is 4.60 Å². The highest BCUT2D eigenvalue weighted by atomic mass is 79.9. The second-order valence-electron chi connectivity index (χ2n) is 4.37. The fraction of sp³-hybridized carbons (Fsp3) is 0.700. The third kappa shape index (κ3) is 1.32. The van der Waals surface area contributed by atoms with Crippen LogP contribution < -0.4 is 0 Å². The Bertz CT molecular complexity index is 368. The molecule has 76 valence electrons. The number of likely N-dealkylation sites (N-methyl/N-ethyl adjacent to an activating group) is 1. The van der Waals surface area contributed by atoms with Crippen LogP contribution in [0.1, 0.15) is 30.3 Å². The highest BCUT2D eigenvalue weighted by Crippen LogP contribution is 2.41. The van der Waals surface area contributed by atoms with Gasteiger partial charge in [-0.2, -0.15) is 0 Å². The monoisotopic (exact) mass is 255 g/mol. The zero-order chi connectivity index (χ0) is 9.71. The first-order chi connectivity index (χ1) is 6.75. The Kier molecular flexibility index (Phi) is 1.96. The zero-order valence-corrected chi connectivity index (χ0v) is 9.92. The van der Waals surface area contributed by atoms with Crippen molar-refractivity contribution in [2.75, 3.05) is 13.6 Å². The summed E-state index contributed by atoms with van der Waals surface area (Å²) in [6.07, 6.45) is 2.66. The molecule has 2 aliphatic rings. The molecule has 14 heavy (non-hydrogen) atoms. The maximum Gasteiger partial charge on any atom is 0.129 e. The minimum atomic E-state index is 0.753. The number of fused-ring (bicyclic) bond motifs is 1. The Morgan fingerprint density at radius 2 is 2.14 bits per heavy atom. The molecular formula is C10H14BrN3. The second-order valence-corrected chi connectivity index (χ2v) is 5.12. The summed E-state index contributed by atoms with van der Waals surface area (Å²) < 4.78 is 3.48. The van der Waals surface area contributed by atoms with Crippen LogP contribution in [0.4, 0.5) is 0 Å². The SMILES string of the molecule is CN1CCn2c(C3CC3)nc(Br)c2C1. The molecule has 0 bridgehead atoms. The summed E-state index contributed by atoms with van der Waals surface area (Å²) in [6, 6.07) is 0. The van der Waals surface area contributed by atoms with Crippen LogP contribution in [0.3, 0.4) is 0 Å². The number of hydrogen-bond donors (Lipinski definition) is 0. The van der Waals surface area contributed by atoms with Gasteiger partial charge in [-0.05, 0) is 35.8 Å². The zero-order valence-electron chi connectivity index (χ0n) is 8.33. The molecule has 0 atom stereocenters. The Labute approximate surface area is 92.2 Å². The van der Waals surface area contributed by atoms with Gasteiger partial charge in [0.05, 0.1) is 5.69 Å². The fourth-order valence-electron chi connectivity index (χ4n) is 2.13. The predicted octanol–water partition coefficient (Wildman–Crippen LogP) is 1.97. The lowest BCUT2D eigenvalue weighted by molar-refractivity contribution is 0.266. The first-order valence-electron chi connectivity index (χ1n) is 5.19.